The molecule has 0 saturated carbocycles. The molecule has 5 heteroatoms. The maximum Gasteiger partial charge on any atom is 0.306 e. The number of hydrogen-bond acceptors (Lipinski definition) is 5. The Bertz CT molecular complexity index is 1200. The Morgan fingerprint density at radius 2 is 0.694 bits per heavy atom. The van der Waals surface area contributed by atoms with Crippen LogP contribution in [0.25, 0.3) is 0 Å². The Morgan fingerprint density at radius 1 is 0.387 bits per heavy atom. The highest BCUT2D eigenvalue weighted by atomic mass is 16.6. The summed E-state index contributed by atoms with van der Waals surface area (Å²) >= 11 is 0. The van der Waals surface area contributed by atoms with Crippen molar-refractivity contribution in [2.24, 2.45) is 0 Å². The molecule has 5 nitrogen and oxygen atoms in total. The average Bonchev–Trinajstić information content (AvgIpc) is 3.28. The number of aliphatic hydroxyl groups is 1. The Labute approximate surface area is 383 Å². The second-order valence-electron chi connectivity index (χ2n) is 16.9. The molecule has 0 aromatic rings. The van der Waals surface area contributed by atoms with Crippen molar-refractivity contribution in [3.63, 3.8) is 0 Å². The smallest absolute Gasteiger partial charge is 0.306 e. The van der Waals surface area contributed by atoms with Crippen LogP contribution in [-0.2, 0) is 19.1 Å². The summed E-state index contributed by atoms with van der Waals surface area (Å²) < 4.78 is 10.7. The minimum atomic E-state index is -0.785. The van der Waals surface area contributed by atoms with Crippen molar-refractivity contribution in [1.82, 2.24) is 0 Å². The Balaban J connectivity index is 3.59. The van der Waals surface area contributed by atoms with Gasteiger partial charge >= 0.3 is 11.9 Å². The van der Waals surface area contributed by atoms with Crippen LogP contribution in [-0.4, -0.2) is 36.4 Å². The molecule has 0 saturated heterocycles. The van der Waals surface area contributed by atoms with E-state index in [-0.39, 0.29) is 25.2 Å². The molecule has 0 bridgehead atoms. The summed E-state index contributed by atoms with van der Waals surface area (Å²) in [7, 11) is 0. The van der Waals surface area contributed by atoms with Gasteiger partial charge in [-0.1, -0.05) is 220 Å². The van der Waals surface area contributed by atoms with E-state index in [0.717, 1.165) is 89.9 Å². The van der Waals surface area contributed by atoms with E-state index in [1.165, 1.54) is 116 Å². The monoisotopic (exact) mass is 861 g/mol. The lowest BCUT2D eigenvalue weighted by Gasteiger charge is -2.15. The van der Waals surface area contributed by atoms with Crippen LogP contribution in [0.15, 0.2) is 97.2 Å². The first-order valence-corrected chi connectivity index (χ1v) is 25.8. The second kappa shape index (κ2) is 52.2. The first kappa shape index (κ1) is 58.8. The number of hydrogen-bond donors (Lipinski definition) is 1. The van der Waals surface area contributed by atoms with Crippen LogP contribution in [0.3, 0.4) is 0 Å². The largest absolute Gasteiger partial charge is 0.462 e. The van der Waals surface area contributed by atoms with Gasteiger partial charge in [0.1, 0.15) is 6.61 Å². The van der Waals surface area contributed by atoms with Gasteiger partial charge < -0.3 is 14.6 Å². The summed E-state index contributed by atoms with van der Waals surface area (Å²) in [6, 6.07) is 0. The molecule has 0 amide bonds. The molecule has 62 heavy (non-hydrogen) atoms. The van der Waals surface area contributed by atoms with Gasteiger partial charge in [0.25, 0.3) is 0 Å². The van der Waals surface area contributed by atoms with Crippen molar-refractivity contribution < 1.29 is 24.2 Å². The van der Waals surface area contributed by atoms with Crippen LogP contribution >= 0.6 is 0 Å². The third-order valence-electron chi connectivity index (χ3n) is 10.9. The predicted octanol–water partition coefficient (Wildman–Crippen LogP) is 17.2. The van der Waals surface area contributed by atoms with E-state index in [1.54, 1.807) is 0 Å². The van der Waals surface area contributed by atoms with Crippen molar-refractivity contribution in [3.05, 3.63) is 97.2 Å². The number of unbranched alkanes of at least 4 members (excludes halogenated alkanes) is 22. The fourth-order valence-electron chi connectivity index (χ4n) is 7.00. The molecule has 0 aliphatic heterocycles. The number of carbonyl (C=O) groups excluding carboxylic acids is 2. The topological polar surface area (TPSA) is 72.8 Å². The van der Waals surface area contributed by atoms with E-state index in [4.69, 9.17) is 9.47 Å². The van der Waals surface area contributed by atoms with Gasteiger partial charge in [-0.3, -0.25) is 9.59 Å². The minimum Gasteiger partial charge on any atom is -0.462 e. The number of rotatable bonds is 46. The van der Waals surface area contributed by atoms with Crippen LogP contribution in [0.4, 0.5) is 0 Å². The molecule has 0 aliphatic rings. The molecule has 0 aliphatic carbocycles. The minimum absolute atomic E-state index is 0.0757. The summed E-state index contributed by atoms with van der Waals surface area (Å²) in [6.07, 6.45) is 73.5. The lowest BCUT2D eigenvalue weighted by molar-refractivity contribution is -0.161. The van der Waals surface area contributed by atoms with Crippen molar-refractivity contribution in [2.75, 3.05) is 13.2 Å². The van der Waals surface area contributed by atoms with Crippen LogP contribution in [0.5, 0.6) is 0 Å². The van der Waals surface area contributed by atoms with E-state index >= 15 is 0 Å². The van der Waals surface area contributed by atoms with E-state index in [1.807, 2.05) is 0 Å². The van der Waals surface area contributed by atoms with Gasteiger partial charge in [0.05, 0.1) is 6.61 Å². The molecule has 1 N–H and O–H groups in total. The quantitative estimate of drug-likeness (QED) is 0.0375. The van der Waals surface area contributed by atoms with Crippen LogP contribution in [0.1, 0.15) is 232 Å². The van der Waals surface area contributed by atoms with Crippen LogP contribution < -0.4 is 0 Å². The molecule has 0 spiro atoms. The molecule has 0 rings (SSSR count). The average molecular weight is 861 g/mol. The van der Waals surface area contributed by atoms with Gasteiger partial charge in [0.15, 0.2) is 6.10 Å². The zero-order valence-electron chi connectivity index (χ0n) is 40.4. The van der Waals surface area contributed by atoms with Gasteiger partial charge in [-0.2, -0.15) is 0 Å². The maximum absolute atomic E-state index is 12.3. The molecule has 0 aromatic heterocycles. The summed E-state index contributed by atoms with van der Waals surface area (Å²) in [6.45, 7) is 4.02. The van der Waals surface area contributed by atoms with E-state index in [2.05, 4.69) is 111 Å². The highest BCUT2D eigenvalue weighted by Gasteiger charge is 2.16. The lowest BCUT2D eigenvalue weighted by atomic mass is 10.1. The van der Waals surface area contributed by atoms with E-state index in [9.17, 15) is 14.7 Å². The zero-order chi connectivity index (χ0) is 44.9. The van der Waals surface area contributed by atoms with E-state index < -0.39 is 6.10 Å². The fourth-order valence-corrected chi connectivity index (χ4v) is 7.00. The number of carbonyl (C=O) groups is 2. The fraction of sp³-hybridized carbons (Fsp3) is 0.684. The summed E-state index contributed by atoms with van der Waals surface area (Å²) in [5.74, 6) is -0.607. The second-order valence-corrected chi connectivity index (χ2v) is 16.9. The van der Waals surface area contributed by atoms with Crippen molar-refractivity contribution in [2.45, 2.75) is 238 Å². The molecule has 0 radical (unpaired) electrons. The van der Waals surface area contributed by atoms with Crippen LogP contribution in [0, 0.1) is 0 Å². The first-order valence-electron chi connectivity index (χ1n) is 25.8. The van der Waals surface area contributed by atoms with Crippen molar-refractivity contribution >= 4 is 11.9 Å². The molecule has 1 unspecified atom stereocenters. The lowest BCUT2D eigenvalue weighted by Crippen LogP contribution is -2.28. The third kappa shape index (κ3) is 49.5. The first-order chi connectivity index (χ1) is 30.6. The third-order valence-corrected chi connectivity index (χ3v) is 10.9. The molecular formula is C57H96O5. The molecule has 0 heterocycles. The molecule has 354 valence electrons. The molecule has 0 aromatic carbocycles. The van der Waals surface area contributed by atoms with Gasteiger partial charge in [0, 0.05) is 12.8 Å². The summed E-state index contributed by atoms with van der Waals surface area (Å²) in [5.41, 5.74) is 0. The highest BCUT2D eigenvalue weighted by Crippen LogP contribution is 2.14. The highest BCUT2D eigenvalue weighted by molar-refractivity contribution is 5.70. The Kier molecular flexibility index (Phi) is 49.5. The van der Waals surface area contributed by atoms with Gasteiger partial charge in [-0.25, -0.2) is 0 Å². The van der Waals surface area contributed by atoms with Crippen molar-refractivity contribution in [1.29, 1.82) is 0 Å². The Morgan fingerprint density at radius 3 is 1.06 bits per heavy atom. The Hall–Kier alpha value is -3.18. The summed E-state index contributed by atoms with van der Waals surface area (Å²) in [4.78, 5) is 24.5. The molecular weight excluding hydrogens is 765 g/mol. The molecule has 1 atom stereocenters. The molecule has 0 fully saturated rings. The van der Waals surface area contributed by atoms with Crippen molar-refractivity contribution in [3.8, 4) is 0 Å². The number of esters is 2. The summed E-state index contributed by atoms with van der Waals surface area (Å²) in [5, 5.41) is 9.63. The zero-order valence-corrected chi connectivity index (χ0v) is 40.4. The van der Waals surface area contributed by atoms with Gasteiger partial charge in [-0.05, 0) is 96.3 Å². The normalized spacial score (nSPS) is 13.0. The number of allylic oxidation sites excluding steroid dienone is 16. The predicted molar refractivity (Wildman–Crippen MR) is 269 cm³/mol. The van der Waals surface area contributed by atoms with Gasteiger partial charge in [0.2, 0.25) is 0 Å². The van der Waals surface area contributed by atoms with Crippen LogP contribution in [0.2, 0.25) is 0 Å². The number of aliphatic hydroxyl groups excluding tert-OH is 1. The maximum atomic E-state index is 12.3. The number of ether oxygens (including phenoxy) is 2. The SMILES string of the molecule is CC/C=C\C/C=C\C/C=C\C/C=C\C/C=C\C/C=C\C/C=C\CCCCCCCCCC(=O)OC(CO)COC(=O)CCCCCCCCCCC/C=C\CCCCCCCC. The van der Waals surface area contributed by atoms with Gasteiger partial charge in [-0.15, -0.1) is 0 Å². The van der Waals surface area contributed by atoms with E-state index in [0.29, 0.717) is 12.8 Å². The standard InChI is InChI=1S/C57H96O5/c1-3-5-7-9-11-13-15-17-19-21-23-24-25-26-27-28-29-30-31-32-34-36-38-40-42-44-46-48-50-52-57(60)62-55(53-58)54-61-56(59)51-49-47-45-43-41-39-37-35-33-22-20-18-16-14-12-10-8-6-4-2/h5,7,11,13,17-20,23-24,26-27,29-30,32,34,55,58H,3-4,6,8-10,12,14-16,21-22,25,28,31,33,35-54H2,1-2H3/b7-5-,13-11-,19-17-,20-18-,24-23-,27-26-,30-29-,34-32-.